The van der Waals surface area contributed by atoms with Crippen molar-refractivity contribution in [2.24, 2.45) is 17.6 Å². The molecule has 0 bridgehead atoms. The normalized spacial score (nSPS) is 21.4. The molecule has 0 radical (unpaired) electrons. The van der Waals surface area contributed by atoms with E-state index in [9.17, 15) is 19.5 Å². The Hall–Kier alpha value is -4.59. The fourth-order valence-electron chi connectivity index (χ4n) is 9.67. The van der Waals surface area contributed by atoms with Crippen LogP contribution in [-0.4, -0.2) is 151 Å². The number of pyridine rings is 1. The number of hydrogen-bond donors (Lipinski definition) is 3. The van der Waals surface area contributed by atoms with E-state index in [1.165, 1.54) is 16.7 Å². The van der Waals surface area contributed by atoms with Gasteiger partial charge in [-0.25, -0.2) is 19.6 Å². The van der Waals surface area contributed by atoms with E-state index < -0.39 is 18.2 Å². The Balaban J connectivity index is 0.820. The van der Waals surface area contributed by atoms with Crippen molar-refractivity contribution >= 4 is 64.3 Å². The SMILES string of the molecule is Cc1cn([C@H](C(=O)N2C[C@H](O)C[C@H]2C(=O)N[C@@H](CCN2CCN(C(=O)C3CCN(c4nccc(Sc5cnc(N6CCC(C)(N)CC6)cn5)c4Cl)CC3)CC2)c2ccc(Cl)cc2)C(C)C)nn1. The lowest BCUT2D eigenvalue weighted by molar-refractivity contribution is -0.142. The molecule has 0 spiro atoms. The van der Waals surface area contributed by atoms with Crippen LogP contribution in [0.2, 0.25) is 10.0 Å². The molecule has 0 aliphatic carbocycles. The topological polar surface area (TPSA) is 195 Å². The number of β-amino-alcohol motifs (C(OH)–C–C–N with tert-alkyl or cyclic N) is 1. The number of nitrogens with one attached hydrogen (secondary N) is 1. The van der Waals surface area contributed by atoms with E-state index in [0.717, 1.165) is 47.2 Å². The standard InChI is InChI=1S/C47H63Cl2N13O4S/c1-30(2)42(62-28-31(3)55-56-62)46(66)61-29-35(63)25-37(61)44(64)54-36(32-5-7-34(48)8-6-32)12-16-57-21-23-60(24-22-57)45(65)33-10-17-59(18-11-33)43-41(49)38(9-15-51-43)67-40-27-52-39(26-53-40)58-19-13-47(4,50)14-20-58/h5-9,15,26-28,30,33,35-37,42,63H,10-14,16-25,29,50H2,1-4H3,(H,54,64)/t35-,36+,37+,42+/m1/s1. The Labute approximate surface area is 407 Å². The number of likely N-dealkylation sites (tertiary alicyclic amines) is 1. The zero-order valence-corrected chi connectivity index (χ0v) is 41.1. The molecule has 3 amide bonds. The van der Waals surface area contributed by atoms with E-state index in [-0.39, 0.29) is 54.1 Å². The number of aromatic nitrogens is 6. The van der Waals surface area contributed by atoms with Crippen LogP contribution >= 0.6 is 35.0 Å². The van der Waals surface area contributed by atoms with Gasteiger partial charge >= 0.3 is 0 Å². The number of carbonyl (C=O) groups excluding carboxylic acids is 3. The zero-order valence-electron chi connectivity index (χ0n) is 38.8. The summed E-state index contributed by atoms with van der Waals surface area (Å²) in [5, 5.41) is 24.1. The highest BCUT2D eigenvalue weighted by molar-refractivity contribution is 7.99. The molecule has 20 heteroatoms. The number of aliphatic hydroxyl groups is 1. The van der Waals surface area contributed by atoms with Gasteiger partial charge in [0.05, 0.1) is 35.3 Å². The summed E-state index contributed by atoms with van der Waals surface area (Å²) in [5.41, 5.74) is 7.76. The third kappa shape index (κ3) is 11.8. The van der Waals surface area contributed by atoms with Gasteiger partial charge in [0, 0.05) is 106 Å². The average Bonchev–Trinajstić information content (AvgIpc) is 3.93. The number of nitrogens with zero attached hydrogens (tertiary/aromatic N) is 11. The van der Waals surface area contributed by atoms with Crippen molar-refractivity contribution < 1.29 is 19.5 Å². The summed E-state index contributed by atoms with van der Waals surface area (Å²) in [7, 11) is 0. The summed E-state index contributed by atoms with van der Waals surface area (Å²) >= 11 is 14.7. The number of benzene rings is 1. The molecule has 3 aromatic heterocycles. The number of carbonyl (C=O) groups is 3. The second-order valence-electron chi connectivity index (χ2n) is 19.2. The van der Waals surface area contributed by atoms with Crippen LogP contribution in [0.3, 0.4) is 0 Å². The minimum atomic E-state index is -0.846. The second-order valence-corrected chi connectivity index (χ2v) is 21.0. The molecule has 1 aromatic carbocycles. The largest absolute Gasteiger partial charge is 0.391 e. The number of hydrogen-bond acceptors (Lipinski definition) is 14. The van der Waals surface area contributed by atoms with E-state index in [0.29, 0.717) is 86.6 Å². The van der Waals surface area contributed by atoms with Crippen LogP contribution in [0.25, 0.3) is 0 Å². The van der Waals surface area contributed by atoms with Crippen molar-refractivity contribution in [3.05, 3.63) is 76.4 Å². The molecule has 4 aliphatic rings. The molecule has 8 rings (SSSR count). The predicted octanol–water partition coefficient (Wildman–Crippen LogP) is 5.01. The van der Waals surface area contributed by atoms with E-state index in [2.05, 4.69) is 52.2 Å². The number of rotatable bonds is 14. The molecular formula is C47H63Cl2N13O4S. The number of halogens is 2. The molecule has 4 N–H and O–H groups in total. The van der Waals surface area contributed by atoms with Gasteiger partial charge in [-0.05, 0) is 75.6 Å². The smallest absolute Gasteiger partial charge is 0.248 e. The van der Waals surface area contributed by atoms with Crippen LogP contribution in [0.15, 0.2) is 65.0 Å². The third-order valence-electron chi connectivity index (χ3n) is 13.7. The van der Waals surface area contributed by atoms with Gasteiger partial charge < -0.3 is 35.8 Å². The fraction of sp³-hybridized carbons (Fsp3) is 0.574. The first-order valence-electron chi connectivity index (χ1n) is 23.5. The maximum atomic E-state index is 14.1. The molecule has 4 atom stereocenters. The zero-order chi connectivity index (χ0) is 47.4. The van der Waals surface area contributed by atoms with Gasteiger partial charge in [0.15, 0.2) is 0 Å². The minimum absolute atomic E-state index is 0.0580. The van der Waals surface area contributed by atoms with Crippen LogP contribution in [0.4, 0.5) is 11.6 Å². The number of aliphatic hydroxyl groups excluding tert-OH is 1. The maximum absolute atomic E-state index is 14.1. The van der Waals surface area contributed by atoms with Crippen molar-refractivity contribution in [3.63, 3.8) is 0 Å². The average molecular weight is 977 g/mol. The molecule has 360 valence electrons. The fourth-order valence-corrected chi connectivity index (χ4v) is 10.9. The Morgan fingerprint density at radius 1 is 0.940 bits per heavy atom. The minimum Gasteiger partial charge on any atom is -0.391 e. The predicted molar refractivity (Wildman–Crippen MR) is 259 cm³/mol. The summed E-state index contributed by atoms with van der Waals surface area (Å²) in [6.45, 7) is 14.2. The van der Waals surface area contributed by atoms with Gasteiger partial charge in [0.2, 0.25) is 17.7 Å². The lowest BCUT2D eigenvalue weighted by atomic mass is 9.91. The van der Waals surface area contributed by atoms with E-state index in [1.54, 1.807) is 35.4 Å². The molecule has 4 fully saturated rings. The molecule has 0 unspecified atom stereocenters. The Kier molecular flexibility index (Phi) is 15.6. The van der Waals surface area contributed by atoms with Crippen molar-refractivity contribution in [1.82, 2.24) is 50.0 Å². The third-order valence-corrected chi connectivity index (χ3v) is 15.4. The Morgan fingerprint density at radius 2 is 1.66 bits per heavy atom. The number of amides is 3. The highest BCUT2D eigenvalue weighted by Gasteiger charge is 2.43. The molecule has 0 saturated carbocycles. The monoisotopic (exact) mass is 975 g/mol. The van der Waals surface area contributed by atoms with Gasteiger partial charge in [-0.3, -0.25) is 19.3 Å². The molecular weight excluding hydrogens is 914 g/mol. The van der Waals surface area contributed by atoms with Crippen LogP contribution in [0, 0.1) is 18.8 Å². The molecule has 4 saturated heterocycles. The number of anilines is 2. The molecule has 67 heavy (non-hydrogen) atoms. The molecule has 4 aromatic rings. The van der Waals surface area contributed by atoms with E-state index in [4.69, 9.17) is 28.9 Å². The van der Waals surface area contributed by atoms with Crippen LogP contribution in [-0.2, 0) is 14.4 Å². The van der Waals surface area contributed by atoms with E-state index in [1.807, 2.05) is 50.1 Å². The van der Waals surface area contributed by atoms with Gasteiger partial charge in [-0.1, -0.05) is 66.2 Å². The molecule has 17 nitrogen and oxygen atoms in total. The van der Waals surface area contributed by atoms with Crippen molar-refractivity contribution in [2.75, 3.05) is 75.2 Å². The van der Waals surface area contributed by atoms with Crippen molar-refractivity contribution in [3.8, 4) is 0 Å². The van der Waals surface area contributed by atoms with Gasteiger partial charge in [-0.15, -0.1) is 5.10 Å². The summed E-state index contributed by atoms with van der Waals surface area (Å²) in [5.74, 6) is 0.955. The second kappa shape index (κ2) is 21.4. The quantitative estimate of drug-likeness (QED) is 0.153. The highest BCUT2D eigenvalue weighted by atomic mass is 35.5. The first-order chi connectivity index (χ1) is 32.1. The maximum Gasteiger partial charge on any atom is 0.248 e. The first-order valence-corrected chi connectivity index (χ1v) is 25.1. The first kappa shape index (κ1) is 48.9. The Bertz CT molecular complexity index is 2330. The van der Waals surface area contributed by atoms with Crippen LogP contribution < -0.4 is 20.9 Å². The lowest BCUT2D eigenvalue weighted by Gasteiger charge is -2.39. The highest BCUT2D eigenvalue weighted by Crippen LogP contribution is 2.38. The summed E-state index contributed by atoms with van der Waals surface area (Å²) < 4.78 is 1.55. The summed E-state index contributed by atoms with van der Waals surface area (Å²) in [6, 6.07) is 7.43. The van der Waals surface area contributed by atoms with E-state index >= 15 is 0 Å². The lowest BCUT2D eigenvalue weighted by Crippen LogP contribution is -2.52. The summed E-state index contributed by atoms with van der Waals surface area (Å²) in [4.78, 5) is 67.1. The van der Waals surface area contributed by atoms with Crippen LogP contribution in [0.1, 0.15) is 82.6 Å². The molecule has 7 heterocycles. The number of piperazine rings is 1. The summed E-state index contributed by atoms with van der Waals surface area (Å²) in [6.07, 6.45) is 10.3. The van der Waals surface area contributed by atoms with Gasteiger partial charge in [-0.2, -0.15) is 0 Å². The van der Waals surface area contributed by atoms with Crippen LogP contribution in [0.5, 0.6) is 0 Å². The number of piperidine rings is 2. The Morgan fingerprint density at radius 3 is 2.30 bits per heavy atom. The van der Waals surface area contributed by atoms with Crippen molar-refractivity contribution in [1.29, 1.82) is 0 Å². The number of aryl methyl sites for hydroxylation is 1. The van der Waals surface area contributed by atoms with Gasteiger partial charge in [0.1, 0.15) is 28.7 Å². The van der Waals surface area contributed by atoms with Crippen molar-refractivity contribution in [2.45, 2.75) is 106 Å². The number of nitrogens with two attached hydrogens (primary N) is 1. The molecule has 4 aliphatic heterocycles. The van der Waals surface area contributed by atoms with Gasteiger partial charge in [0.25, 0.3) is 0 Å².